The van der Waals surface area contributed by atoms with Crippen LogP contribution in [0.2, 0.25) is 0 Å². The first-order valence-electron chi connectivity index (χ1n) is 10.7. The fourth-order valence-electron chi connectivity index (χ4n) is 3.74. The number of aliphatic hydroxyl groups excluding tert-OH is 1. The van der Waals surface area contributed by atoms with E-state index in [9.17, 15) is 10.2 Å². The summed E-state index contributed by atoms with van der Waals surface area (Å²) in [5, 5.41) is 20.7. The van der Waals surface area contributed by atoms with Gasteiger partial charge in [-0.3, -0.25) is 0 Å². The van der Waals surface area contributed by atoms with E-state index in [1.165, 1.54) is 16.7 Å². The van der Waals surface area contributed by atoms with Crippen LogP contribution in [-0.2, 0) is 0 Å². The van der Waals surface area contributed by atoms with Gasteiger partial charge in [0.05, 0.1) is 12.2 Å². The lowest BCUT2D eigenvalue weighted by atomic mass is 9.79. The van der Waals surface area contributed by atoms with E-state index < -0.39 is 5.60 Å². The lowest BCUT2D eigenvalue weighted by molar-refractivity contribution is -0.0105. The van der Waals surface area contributed by atoms with Crippen molar-refractivity contribution in [3.8, 4) is 0 Å². The lowest BCUT2D eigenvalue weighted by Crippen LogP contribution is -2.34. The van der Waals surface area contributed by atoms with Gasteiger partial charge >= 0.3 is 0 Å². The van der Waals surface area contributed by atoms with Crippen LogP contribution in [0.4, 0.5) is 0 Å². The number of aliphatic hydroxyl groups is 2. The first-order valence-corrected chi connectivity index (χ1v) is 10.7. The zero-order chi connectivity index (χ0) is 20.3. The van der Waals surface area contributed by atoms with Gasteiger partial charge in [0.15, 0.2) is 0 Å². The molecule has 1 aliphatic rings. The minimum atomic E-state index is -0.635. The summed E-state index contributed by atoms with van der Waals surface area (Å²) < 4.78 is 0. The quantitative estimate of drug-likeness (QED) is 0.528. The number of rotatable bonds is 5. The van der Waals surface area contributed by atoms with Crippen molar-refractivity contribution in [3.63, 3.8) is 0 Å². The Balaban J connectivity index is 2.90. The molecule has 1 aliphatic carbocycles. The van der Waals surface area contributed by atoms with Crippen molar-refractivity contribution in [1.82, 2.24) is 0 Å². The van der Waals surface area contributed by atoms with E-state index in [1.807, 2.05) is 6.92 Å². The van der Waals surface area contributed by atoms with Gasteiger partial charge in [-0.2, -0.15) is 0 Å². The van der Waals surface area contributed by atoms with E-state index >= 15 is 0 Å². The van der Waals surface area contributed by atoms with E-state index in [0.29, 0.717) is 0 Å². The molecular formula is C25H42O2. The van der Waals surface area contributed by atoms with Gasteiger partial charge in [-0.15, -0.1) is 0 Å². The Bertz CT molecular complexity index is 557. The van der Waals surface area contributed by atoms with Crippen molar-refractivity contribution >= 4 is 0 Å². The van der Waals surface area contributed by atoms with Crippen LogP contribution < -0.4 is 0 Å². The van der Waals surface area contributed by atoms with Crippen LogP contribution in [0.1, 0.15) is 92.4 Å². The predicted octanol–water partition coefficient (Wildman–Crippen LogP) is 6.66. The largest absolute Gasteiger partial charge is 0.392 e. The molecule has 27 heavy (non-hydrogen) atoms. The smallest absolute Gasteiger partial charge is 0.0653 e. The fraction of sp³-hybridized carbons (Fsp3) is 0.680. The molecule has 2 atom stereocenters. The molecule has 0 aliphatic heterocycles. The van der Waals surface area contributed by atoms with E-state index in [2.05, 4.69) is 52.0 Å². The maximum atomic E-state index is 11.2. The van der Waals surface area contributed by atoms with Crippen molar-refractivity contribution in [3.05, 3.63) is 46.6 Å². The number of allylic oxidation sites excluding steroid dienone is 7. The van der Waals surface area contributed by atoms with Gasteiger partial charge in [0.2, 0.25) is 0 Å². The highest BCUT2D eigenvalue weighted by molar-refractivity contribution is 5.09. The van der Waals surface area contributed by atoms with E-state index in [4.69, 9.17) is 0 Å². The Morgan fingerprint density at radius 2 is 1.74 bits per heavy atom. The average Bonchev–Trinajstić information content (AvgIpc) is 2.58. The molecule has 2 nitrogen and oxygen atoms in total. The Kier molecular flexibility index (Phi) is 10.9. The SMILES string of the molecule is CC(C)=CCC[C@@](C)(O)[C@@H]1C/C=C(/C)CC/C=C(\CO)CC/C=C(\C)CC1. The number of hydrogen-bond donors (Lipinski definition) is 2. The molecule has 0 saturated heterocycles. The Hall–Kier alpha value is -1.12. The summed E-state index contributed by atoms with van der Waals surface area (Å²) in [5.74, 6) is 0.285. The van der Waals surface area contributed by atoms with Gasteiger partial charge in [-0.25, -0.2) is 0 Å². The predicted molar refractivity (Wildman–Crippen MR) is 118 cm³/mol. The van der Waals surface area contributed by atoms with Gasteiger partial charge in [0.25, 0.3) is 0 Å². The fourth-order valence-corrected chi connectivity index (χ4v) is 3.74. The summed E-state index contributed by atoms with van der Waals surface area (Å²) in [5.41, 5.74) is 4.63. The second-order valence-corrected chi connectivity index (χ2v) is 8.85. The highest BCUT2D eigenvalue weighted by atomic mass is 16.3. The molecule has 0 bridgehead atoms. The summed E-state index contributed by atoms with van der Waals surface area (Å²) in [4.78, 5) is 0. The van der Waals surface area contributed by atoms with Gasteiger partial charge in [0, 0.05) is 0 Å². The molecular weight excluding hydrogens is 332 g/mol. The van der Waals surface area contributed by atoms with Gasteiger partial charge in [0.1, 0.15) is 0 Å². The summed E-state index contributed by atoms with van der Waals surface area (Å²) in [6.45, 7) is 10.8. The van der Waals surface area contributed by atoms with E-state index in [-0.39, 0.29) is 12.5 Å². The molecule has 2 heteroatoms. The Morgan fingerprint density at radius 1 is 1.07 bits per heavy atom. The summed E-state index contributed by atoms with van der Waals surface area (Å²) in [6.07, 6.45) is 17.8. The third kappa shape index (κ3) is 10.1. The topological polar surface area (TPSA) is 40.5 Å². The summed E-state index contributed by atoms with van der Waals surface area (Å²) in [7, 11) is 0. The second kappa shape index (κ2) is 12.4. The first kappa shape index (κ1) is 23.9. The molecule has 0 fully saturated rings. The molecule has 0 aromatic rings. The van der Waals surface area contributed by atoms with Crippen LogP contribution in [0.5, 0.6) is 0 Å². The van der Waals surface area contributed by atoms with Crippen molar-refractivity contribution in [1.29, 1.82) is 0 Å². The molecule has 0 amide bonds. The van der Waals surface area contributed by atoms with Crippen molar-refractivity contribution in [2.45, 2.75) is 98.0 Å². The molecule has 0 aromatic heterocycles. The van der Waals surface area contributed by atoms with Crippen molar-refractivity contribution < 1.29 is 10.2 Å². The zero-order valence-corrected chi connectivity index (χ0v) is 18.4. The normalized spacial score (nSPS) is 28.4. The van der Waals surface area contributed by atoms with E-state index in [1.54, 1.807) is 0 Å². The standard InChI is InChI=1S/C25H42O2/c1-20(2)9-8-18-25(5,27)24-16-14-21(3)10-6-12-23(19-26)13-7-11-22(4)15-17-24/h9-10,13,15,24,26-27H,6-8,11-12,14,16-19H2,1-5H3/b21-10+,22-15-,23-13-/t24-,25+/m0/s1. The van der Waals surface area contributed by atoms with Gasteiger partial charge in [-0.05, 0) is 104 Å². The maximum absolute atomic E-state index is 11.2. The summed E-state index contributed by atoms with van der Waals surface area (Å²) >= 11 is 0. The van der Waals surface area contributed by atoms with Crippen LogP contribution in [0.3, 0.4) is 0 Å². The van der Waals surface area contributed by atoms with Gasteiger partial charge < -0.3 is 10.2 Å². The molecule has 0 unspecified atom stereocenters. The third-order valence-electron chi connectivity index (χ3n) is 5.85. The molecule has 1 rings (SSSR count). The second-order valence-electron chi connectivity index (χ2n) is 8.85. The highest BCUT2D eigenvalue weighted by Gasteiger charge is 2.30. The van der Waals surface area contributed by atoms with Crippen LogP contribution >= 0.6 is 0 Å². The third-order valence-corrected chi connectivity index (χ3v) is 5.85. The van der Waals surface area contributed by atoms with Crippen molar-refractivity contribution in [2.24, 2.45) is 5.92 Å². The molecule has 154 valence electrons. The van der Waals surface area contributed by atoms with E-state index in [0.717, 1.165) is 63.4 Å². The minimum absolute atomic E-state index is 0.173. The maximum Gasteiger partial charge on any atom is 0.0653 e. The Labute approximate surface area is 167 Å². The van der Waals surface area contributed by atoms with Crippen LogP contribution in [-0.4, -0.2) is 22.4 Å². The first-order chi connectivity index (χ1) is 12.7. The average molecular weight is 375 g/mol. The van der Waals surface area contributed by atoms with Crippen LogP contribution in [0.25, 0.3) is 0 Å². The molecule has 0 radical (unpaired) electrons. The molecule has 2 N–H and O–H groups in total. The Morgan fingerprint density at radius 3 is 2.41 bits per heavy atom. The minimum Gasteiger partial charge on any atom is -0.392 e. The van der Waals surface area contributed by atoms with Crippen molar-refractivity contribution in [2.75, 3.05) is 6.61 Å². The zero-order valence-electron chi connectivity index (χ0n) is 18.4. The lowest BCUT2D eigenvalue weighted by Gasteiger charge is -2.33. The van der Waals surface area contributed by atoms with Gasteiger partial charge in [-0.1, -0.05) is 41.0 Å². The number of hydrogen-bond acceptors (Lipinski definition) is 2. The van der Waals surface area contributed by atoms with Crippen LogP contribution in [0, 0.1) is 5.92 Å². The highest BCUT2D eigenvalue weighted by Crippen LogP contribution is 2.32. The summed E-state index contributed by atoms with van der Waals surface area (Å²) in [6, 6.07) is 0. The molecule has 0 spiro atoms. The molecule has 0 heterocycles. The molecule has 0 aromatic carbocycles. The van der Waals surface area contributed by atoms with Crippen LogP contribution in [0.15, 0.2) is 46.6 Å². The monoisotopic (exact) mass is 374 g/mol. The molecule has 0 saturated carbocycles.